The van der Waals surface area contributed by atoms with Gasteiger partial charge >= 0.3 is 11.7 Å². The fourth-order valence-electron chi connectivity index (χ4n) is 4.42. The van der Waals surface area contributed by atoms with Gasteiger partial charge in [-0.15, -0.1) is 0 Å². The normalized spacial score (nSPS) is 13.2. The number of aromatic amines is 1. The predicted octanol–water partition coefficient (Wildman–Crippen LogP) is 4.70. The largest absolute Gasteiger partial charge is 0.482 e. The van der Waals surface area contributed by atoms with Gasteiger partial charge in [-0.05, 0) is 46.9 Å². The highest BCUT2D eigenvalue weighted by Gasteiger charge is 2.29. The molecule has 1 heterocycles. The standard InChI is InChI=1S/C25H21N3O5/c29-24(30)8-5-15-9-21(18-6-7-22-19(11-18)14-26-27-22)25(23(10-15)28(31)32)33-20-12-16-3-1-2-4-17(16)13-20/h1-4,6-7,9-11,14,20H,5,8,12-13H2,(H,26,27)(H,29,30). The Morgan fingerprint density at radius 1 is 1.15 bits per heavy atom. The van der Waals surface area contributed by atoms with E-state index in [1.165, 1.54) is 17.2 Å². The van der Waals surface area contributed by atoms with Crippen molar-refractivity contribution in [2.24, 2.45) is 0 Å². The van der Waals surface area contributed by atoms with Crippen LogP contribution in [0.1, 0.15) is 23.1 Å². The number of carboxylic acids is 1. The summed E-state index contributed by atoms with van der Waals surface area (Å²) >= 11 is 0. The third-order valence-electron chi connectivity index (χ3n) is 6.00. The summed E-state index contributed by atoms with van der Waals surface area (Å²) < 4.78 is 6.33. The number of benzene rings is 3. The molecule has 33 heavy (non-hydrogen) atoms. The number of aliphatic carboxylic acids is 1. The van der Waals surface area contributed by atoms with Crippen molar-refractivity contribution in [1.29, 1.82) is 0 Å². The van der Waals surface area contributed by atoms with Crippen LogP contribution in [-0.2, 0) is 24.1 Å². The number of nitro benzene ring substituents is 1. The van der Waals surface area contributed by atoms with E-state index >= 15 is 0 Å². The van der Waals surface area contributed by atoms with E-state index in [1.807, 2.05) is 30.3 Å². The highest BCUT2D eigenvalue weighted by Crippen LogP contribution is 2.42. The fourth-order valence-corrected chi connectivity index (χ4v) is 4.42. The second kappa shape index (κ2) is 8.38. The van der Waals surface area contributed by atoms with E-state index < -0.39 is 10.9 Å². The lowest BCUT2D eigenvalue weighted by molar-refractivity contribution is -0.386. The summed E-state index contributed by atoms with van der Waals surface area (Å²) in [7, 11) is 0. The number of H-pyrrole nitrogens is 1. The van der Waals surface area contributed by atoms with Gasteiger partial charge in [0.05, 0.1) is 16.6 Å². The Labute approximate surface area is 189 Å². The zero-order chi connectivity index (χ0) is 22.9. The minimum atomic E-state index is -0.955. The van der Waals surface area contributed by atoms with E-state index in [9.17, 15) is 14.9 Å². The van der Waals surface area contributed by atoms with Crippen LogP contribution in [0.3, 0.4) is 0 Å². The lowest BCUT2D eigenvalue weighted by Crippen LogP contribution is -2.18. The minimum absolute atomic E-state index is 0.116. The minimum Gasteiger partial charge on any atom is -0.482 e. The average Bonchev–Trinajstić information content (AvgIpc) is 3.43. The summed E-state index contributed by atoms with van der Waals surface area (Å²) in [4.78, 5) is 22.7. The van der Waals surface area contributed by atoms with E-state index in [1.54, 1.807) is 12.3 Å². The Balaban J connectivity index is 1.60. The van der Waals surface area contributed by atoms with E-state index in [0.717, 1.165) is 16.5 Å². The van der Waals surface area contributed by atoms with Crippen LogP contribution in [0.15, 0.2) is 60.8 Å². The van der Waals surface area contributed by atoms with Crippen LogP contribution in [0, 0.1) is 10.1 Å². The molecule has 0 bridgehead atoms. The molecular formula is C25H21N3O5. The lowest BCUT2D eigenvalue weighted by Gasteiger charge is -2.18. The summed E-state index contributed by atoms with van der Waals surface area (Å²) in [6, 6.07) is 16.9. The van der Waals surface area contributed by atoms with Gasteiger partial charge in [0.25, 0.3) is 0 Å². The maximum Gasteiger partial charge on any atom is 0.311 e. The maximum atomic E-state index is 12.1. The number of aromatic nitrogens is 2. The third-order valence-corrected chi connectivity index (χ3v) is 6.00. The van der Waals surface area contributed by atoms with Crippen molar-refractivity contribution in [2.45, 2.75) is 31.8 Å². The van der Waals surface area contributed by atoms with Crippen molar-refractivity contribution in [3.8, 4) is 16.9 Å². The highest BCUT2D eigenvalue weighted by molar-refractivity contribution is 5.87. The molecule has 2 N–H and O–H groups in total. The molecular weight excluding hydrogens is 422 g/mol. The number of hydrogen-bond acceptors (Lipinski definition) is 5. The number of ether oxygens (including phenoxy) is 1. The molecule has 0 atom stereocenters. The average molecular weight is 443 g/mol. The first kappa shape index (κ1) is 20.7. The molecule has 0 aliphatic heterocycles. The quantitative estimate of drug-likeness (QED) is 0.316. The summed E-state index contributed by atoms with van der Waals surface area (Å²) in [6.45, 7) is 0. The molecule has 0 radical (unpaired) electrons. The van der Waals surface area contributed by atoms with Gasteiger partial charge in [-0.3, -0.25) is 20.0 Å². The third kappa shape index (κ3) is 4.15. The van der Waals surface area contributed by atoms with Crippen LogP contribution >= 0.6 is 0 Å². The van der Waals surface area contributed by atoms with Gasteiger partial charge in [-0.25, -0.2) is 0 Å². The molecule has 0 unspecified atom stereocenters. The summed E-state index contributed by atoms with van der Waals surface area (Å²) in [6.07, 6.45) is 2.89. The Bertz CT molecular complexity index is 1350. The van der Waals surface area contributed by atoms with Gasteiger partial charge in [0.15, 0.2) is 0 Å². The summed E-state index contributed by atoms with van der Waals surface area (Å²) in [5.41, 5.74) is 4.96. The zero-order valence-electron chi connectivity index (χ0n) is 17.7. The van der Waals surface area contributed by atoms with E-state index in [0.29, 0.717) is 24.0 Å². The Morgan fingerprint density at radius 3 is 2.61 bits per heavy atom. The second-order valence-corrected chi connectivity index (χ2v) is 8.23. The highest BCUT2D eigenvalue weighted by atomic mass is 16.6. The number of carbonyl (C=O) groups is 1. The molecule has 8 nitrogen and oxygen atoms in total. The van der Waals surface area contributed by atoms with Crippen LogP contribution in [0.5, 0.6) is 5.75 Å². The monoisotopic (exact) mass is 443 g/mol. The molecule has 1 aromatic heterocycles. The van der Waals surface area contributed by atoms with E-state index in [-0.39, 0.29) is 30.4 Å². The van der Waals surface area contributed by atoms with Crippen molar-refractivity contribution < 1.29 is 19.6 Å². The smallest absolute Gasteiger partial charge is 0.311 e. The SMILES string of the molecule is O=C(O)CCc1cc(-c2ccc3[nH]ncc3c2)c(OC2Cc3ccccc3C2)c([N+](=O)[O-])c1. The molecule has 0 saturated heterocycles. The number of fused-ring (bicyclic) bond motifs is 2. The van der Waals surface area contributed by atoms with Crippen LogP contribution in [0.25, 0.3) is 22.0 Å². The van der Waals surface area contributed by atoms with Gasteiger partial charge < -0.3 is 9.84 Å². The van der Waals surface area contributed by atoms with Crippen LogP contribution in [-0.4, -0.2) is 32.3 Å². The van der Waals surface area contributed by atoms with Crippen LogP contribution in [0.4, 0.5) is 5.69 Å². The number of nitrogens with zero attached hydrogens (tertiary/aromatic N) is 2. The number of nitro groups is 1. The van der Waals surface area contributed by atoms with Gasteiger partial charge in [-0.2, -0.15) is 5.10 Å². The molecule has 1 aliphatic rings. The Morgan fingerprint density at radius 2 is 1.91 bits per heavy atom. The molecule has 0 spiro atoms. The molecule has 4 aromatic rings. The van der Waals surface area contributed by atoms with E-state index in [2.05, 4.69) is 22.3 Å². The predicted molar refractivity (Wildman–Crippen MR) is 122 cm³/mol. The van der Waals surface area contributed by atoms with Crippen molar-refractivity contribution >= 4 is 22.6 Å². The Kier molecular flexibility index (Phi) is 5.26. The number of hydrogen-bond donors (Lipinski definition) is 2. The molecule has 0 fully saturated rings. The second-order valence-electron chi connectivity index (χ2n) is 8.23. The molecule has 1 aliphatic carbocycles. The maximum absolute atomic E-state index is 12.1. The number of carboxylic acid groups (broad SMARTS) is 1. The first-order valence-corrected chi connectivity index (χ1v) is 10.7. The zero-order valence-corrected chi connectivity index (χ0v) is 17.7. The van der Waals surface area contributed by atoms with Crippen molar-refractivity contribution in [1.82, 2.24) is 10.2 Å². The fraction of sp³-hybridized carbons (Fsp3) is 0.200. The summed E-state index contributed by atoms with van der Waals surface area (Å²) in [5, 5.41) is 29.0. The first-order valence-electron chi connectivity index (χ1n) is 10.7. The first-order chi connectivity index (χ1) is 16.0. The molecule has 0 amide bonds. The van der Waals surface area contributed by atoms with E-state index in [4.69, 9.17) is 9.84 Å². The molecule has 8 heteroatoms. The van der Waals surface area contributed by atoms with Crippen LogP contribution in [0.2, 0.25) is 0 Å². The van der Waals surface area contributed by atoms with Gasteiger partial charge in [0, 0.05) is 36.3 Å². The number of aryl methyl sites for hydroxylation is 1. The topological polar surface area (TPSA) is 118 Å². The van der Waals surface area contributed by atoms with Crippen LogP contribution < -0.4 is 4.74 Å². The van der Waals surface area contributed by atoms with Gasteiger partial charge in [-0.1, -0.05) is 30.3 Å². The van der Waals surface area contributed by atoms with Gasteiger partial charge in [0.1, 0.15) is 6.10 Å². The van der Waals surface area contributed by atoms with Crippen molar-refractivity contribution in [3.63, 3.8) is 0 Å². The molecule has 3 aromatic carbocycles. The summed E-state index contributed by atoms with van der Waals surface area (Å²) in [5.74, 6) is -0.747. The number of nitrogens with one attached hydrogen (secondary N) is 1. The van der Waals surface area contributed by atoms with Gasteiger partial charge in [0.2, 0.25) is 5.75 Å². The number of rotatable bonds is 7. The lowest BCUT2D eigenvalue weighted by atomic mass is 9.97. The van der Waals surface area contributed by atoms with Crippen molar-refractivity contribution in [2.75, 3.05) is 0 Å². The molecule has 166 valence electrons. The van der Waals surface area contributed by atoms with Crippen molar-refractivity contribution in [3.05, 3.63) is 87.6 Å². The molecule has 0 saturated carbocycles. The Hall–Kier alpha value is -4.20. The molecule has 5 rings (SSSR count).